The van der Waals surface area contributed by atoms with Gasteiger partial charge in [0.25, 0.3) is 0 Å². The summed E-state index contributed by atoms with van der Waals surface area (Å²) in [5.74, 6) is 0.201. The number of fused-ring (bicyclic) bond motifs is 1. The molecule has 0 bridgehead atoms. The highest BCUT2D eigenvalue weighted by atomic mass is 16.5. The van der Waals surface area contributed by atoms with Gasteiger partial charge in [-0.25, -0.2) is 0 Å². The fraction of sp³-hybridized carbons (Fsp3) is 0.917. The Morgan fingerprint density at radius 2 is 2.20 bits per heavy atom. The largest absolute Gasteiger partial charge is 0.366 e. The highest BCUT2D eigenvalue weighted by Crippen LogP contribution is 2.28. The summed E-state index contributed by atoms with van der Waals surface area (Å²) in [6.07, 6.45) is 7.39. The number of hydrogen-bond acceptors (Lipinski definition) is 2. The summed E-state index contributed by atoms with van der Waals surface area (Å²) in [5.41, 5.74) is 0. The number of carbonyl (C=O) groups is 1. The van der Waals surface area contributed by atoms with Gasteiger partial charge in [-0.15, -0.1) is 0 Å². The third-order valence-corrected chi connectivity index (χ3v) is 3.56. The lowest BCUT2D eigenvalue weighted by molar-refractivity contribution is -0.160. The molecule has 3 nitrogen and oxygen atoms in total. The molecule has 0 radical (unpaired) electrons. The van der Waals surface area contributed by atoms with Crippen LogP contribution < -0.4 is 0 Å². The van der Waals surface area contributed by atoms with Gasteiger partial charge in [0, 0.05) is 6.54 Å². The van der Waals surface area contributed by atoms with E-state index in [1.165, 1.54) is 12.8 Å². The van der Waals surface area contributed by atoms with Gasteiger partial charge in [-0.2, -0.15) is 0 Å². The minimum Gasteiger partial charge on any atom is -0.366 e. The summed E-state index contributed by atoms with van der Waals surface area (Å²) in [6.45, 7) is 3.41. The summed E-state index contributed by atoms with van der Waals surface area (Å²) in [4.78, 5) is 13.8. The van der Waals surface area contributed by atoms with Crippen LogP contribution in [-0.2, 0) is 9.53 Å². The van der Waals surface area contributed by atoms with Crippen molar-refractivity contribution in [1.82, 2.24) is 4.90 Å². The molecule has 86 valence electrons. The first-order valence-corrected chi connectivity index (χ1v) is 6.24. The predicted octanol–water partition coefficient (Wildman–Crippen LogP) is 1.96. The first-order valence-electron chi connectivity index (χ1n) is 6.24. The van der Waals surface area contributed by atoms with Crippen LogP contribution in [0.5, 0.6) is 0 Å². The van der Waals surface area contributed by atoms with Gasteiger partial charge in [-0.1, -0.05) is 26.2 Å². The minimum atomic E-state index is 0.201. The Balaban J connectivity index is 1.99. The number of amides is 1. The lowest BCUT2D eigenvalue weighted by Gasteiger charge is -2.43. The van der Waals surface area contributed by atoms with Crippen molar-refractivity contribution in [3.05, 3.63) is 0 Å². The van der Waals surface area contributed by atoms with E-state index in [2.05, 4.69) is 11.8 Å². The van der Waals surface area contributed by atoms with Gasteiger partial charge < -0.3 is 9.64 Å². The fourth-order valence-corrected chi connectivity index (χ4v) is 2.69. The zero-order valence-corrected chi connectivity index (χ0v) is 9.58. The van der Waals surface area contributed by atoms with Crippen LogP contribution in [0.15, 0.2) is 0 Å². The zero-order chi connectivity index (χ0) is 10.7. The molecular weight excluding hydrogens is 190 g/mol. The van der Waals surface area contributed by atoms with Crippen LogP contribution in [0.2, 0.25) is 0 Å². The predicted molar refractivity (Wildman–Crippen MR) is 58.6 cm³/mol. The van der Waals surface area contributed by atoms with E-state index in [0.29, 0.717) is 18.8 Å². The first kappa shape index (κ1) is 10.9. The molecule has 15 heavy (non-hydrogen) atoms. The highest BCUT2D eigenvalue weighted by Gasteiger charge is 2.37. The molecular formula is C12H21NO2. The molecule has 1 saturated heterocycles. The van der Waals surface area contributed by atoms with Crippen molar-refractivity contribution in [2.45, 2.75) is 57.6 Å². The van der Waals surface area contributed by atoms with E-state index in [9.17, 15) is 4.79 Å². The van der Waals surface area contributed by atoms with Crippen molar-refractivity contribution in [3.63, 3.8) is 0 Å². The molecule has 0 aromatic heterocycles. The zero-order valence-electron chi connectivity index (χ0n) is 9.58. The van der Waals surface area contributed by atoms with Crippen LogP contribution in [0.25, 0.3) is 0 Å². The second kappa shape index (κ2) is 4.97. The second-order valence-electron chi connectivity index (χ2n) is 4.64. The Labute approximate surface area is 91.8 Å². The Bertz CT molecular complexity index is 230. The van der Waals surface area contributed by atoms with Crippen molar-refractivity contribution < 1.29 is 9.53 Å². The Hall–Kier alpha value is -0.570. The van der Waals surface area contributed by atoms with Gasteiger partial charge in [0.2, 0.25) is 5.91 Å². The number of hydrogen-bond donors (Lipinski definition) is 0. The van der Waals surface area contributed by atoms with Crippen LogP contribution in [0.3, 0.4) is 0 Å². The van der Waals surface area contributed by atoms with Gasteiger partial charge in [0.1, 0.15) is 6.61 Å². The van der Waals surface area contributed by atoms with Crippen molar-refractivity contribution >= 4 is 5.91 Å². The van der Waals surface area contributed by atoms with Gasteiger partial charge in [0.05, 0.1) is 12.1 Å². The molecule has 0 spiro atoms. The lowest BCUT2D eigenvalue weighted by atomic mass is 9.90. The molecule has 1 aliphatic heterocycles. The van der Waals surface area contributed by atoms with E-state index < -0.39 is 0 Å². The van der Waals surface area contributed by atoms with E-state index in [-0.39, 0.29) is 5.91 Å². The maximum absolute atomic E-state index is 11.8. The molecule has 1 saturated carbocycles. The Morgan fingerprint density at radius 1 is 1.40 bits per heavy atom. The summed E-state index contributed by atoms with van der Waals surface area (Å²) in [6, 6.07) is 0.381. The lowest BCUT2D eigenvalue weighted by Crippen LogP contribution is -2.55. The normalized spacial score (nSPS) is 31.5. The van der Waals surface area contributed by atoms with E-state index in [4.69, 9.17) is 4.74 Å². The number of unbranched alkanes of at least 4 members (excludes halogenated alkanes) is 1. The third kappa shape index (κ3) is 2.33. The van der Waals surface area contributed by atoms with E-state index in [1.54, 1.807) is 0 Å². The number of morpholine rings is 1. The smallest absolute Gasteiger partial charge is 0.248 e. The molecule has 2 atom stereocenters. The SMILES string of the molecule is CCCCN1C(=O)COC2CCCCC21. The quantitative estimate of drug-likeness (QED) is 0.714. The molecule has 0 aromatic carbocycles. The number of ether oxygens (including phenoxy) is 1. The standard InChI is InChI=1S/C12H21NO2/c1-2-3-8-13-10-6-4-5-7-11(10)15-9-12(13)14/h10-11H,2-9H2,1H3. The number of nitrogens with zero attached hydrogens (tertiary/aromatic N) is 1. The molecule has 2 unspecified atom stereocenters. The molecule has 2 rings (SSSR count). The maximum atomic E-state index is 11.8. The summed E-state index contributed by atoms with van der Waals surface area (Å²) < 4.78 is 5.61. The number of rotatable bonds is 3. The average Bonchev–Trinajstić information content (AvgIpc) is 2.28. The molecule has 2 aliphatic rings. The highest BCUT2D eigenvalue weighted by molar-refractivity contribution is 5.78. The molecule has 1 aliphatic carbocycles. The van der Waals surface area contributed by atoms with Crippen LogP contribution in [0.4, 0.5) is 0 Å². The van der Waals surface area contributed by atoms with Crippen molar-refractivity contribution in [2.24, 2.45) is 0 Å². The van der Waals surface area contributed by atoms with Crippen molar-refractivity contribution in [3.8, 4) is 0 Å². The summed E-state index contributed by atoms with van der Waals surface area (Å²) in [5, 5.41) is 0. The average molecular weight is 211 g/mol. The van der Waals surface area contributed by atoms with Gasteiger partial charge in [0.15, 0.2) is 0 Å². The van der Waals surface area contributed by atoms with E-state index in [0.717, 1.165) is 32.2 Å². The van der Waals surface area contributed by atoms with Gasteiger partial charge in [-0.05, 0) is 19.3 Å². The third-order valence-electron chi connectivity index (χ3n) is 3.56. The van der Waals surface area contributed by atoms with Crippen LogP contribution in [0, 0.1) is 0 Å². The van der Waals surface area contributed by atoms with Gasteiger partial charge in [-0.3, -0.25) is 4.79 Å². The van der Waals surface area contributed by atoms with Crippen molar-refractivity contribution in [2.75, 3.05) is 13.2 Å². The first-order chi connectivity index (χ1) is 7.33. The fourth-order valence-electron chi connectivity index (χ4n) is 2.69. The molecule has 2 fully saturated rings. The van der Waals surface area contributed by atoms with Gasteiger partial charge >= 0.3 is 0 Å². The van der Waals surface area contributed by atoms with E-state index in [1.807, 2.05) is 0 Å². The van der Waals surface area contributed by atoms with E-state index >= 15 is 0 Å². The Morgan fingerprint density at radius 3 is 3.00 bits per heavy atom. The summed E-state index contributed by atoms with van der Waals surface area (Å²) >= 11 is 0. The minimum absolute atomic E-state index is 0.201. The molecule has 0 aromatic rings. The van der Waals surface area contributed by atoms with Crippen molar-refractivity contribution in [1.29, 1.82) is 0 Å². The molecule has 1 heterocycles. The topological polar surface area (TPSA) is 29.5 Å². The molecule has 1 amide bonds. The van der Waals surface area contributed by atoms with Crippen LogP contribution in [-0.4, -0.2) is 36.1 Å². The monoisotopic (exact) mass is 211 g/mol. The maximum Gasteiger partial charge on any atom is 0.248 e. The van der Waals surface area contributed by atoms with Crippen LogP contribution in [0.1, 0.15) is 45.4 Å². The second-order valence-corrected chi connectivity index (χ2v) is 4.64. The number of carbonyl (C=O) groups excluding carboxylic acids is 1. The summed E-state index contributed by atoms with van der Waals surface area (Å²) in [7, 11) is 0. The molecule has 0 N–H and O–H groups in total. The van der Waals surface area contributed by atoms with Crippen LogP contribution >= 0.6 is 0 Å². The Kier molecular flexibility index (Phi) is 3.62. The molecule has 3 heteroatoms.